The lowest BCUT2D eigenvalue weighted by molar-refractivity contribution is 0.166. The highest BCUT2D eigenvalue weighted by molar-refractivity contribution is 5.73. The fourth-order valence-electron chi connectivity index (χ4n) is 1.66. The Labute approximate surface area is 96.8 Å². The van der Waals surface area contributed by atoms with Crippen LogP contribution < -0.4 is 5.32 Å². The van der Waals surface area contributed by atoms with Gasteiger partial charge in [0.25, 0.3) is 0 Å². The highest BCUT2D eigenvalue weighted by Gasteiger charge is 2.42. The van der Waals surface area contributed by atoms with Gasteiger partial charge in [-0.3, -0.25) is 0 Å². The number of amides is 2. The summed E-state index contributed by atoms with van der Waals surface area (Å²) in [6, 6.07) is -0.113. The number of aliphatic hydroxyl groups is 1. The molecule has 5 nitrogen and oxygen atoms in total. The first-order chi connectivity index (χ1) is 7.63. The first kappa shape index (κ1) is 13.3. The Bertz CT molecular complexity index is 229. The predicted octanol–water partition coefficient (Wildman–Crippen LogP) is 0.437. The zero-order valence-corrected chi connectivity index (χ0v) is 10.2. The van der Waals surface area contributed by atoms with Crippen LogP contribution in [0.25, 0.3) is 0 Å². The second-order valence-corrected chi connectivity index (χ2v) is 4.55. The molecule has 16 heavy (non-hydrogen) atoms. The van der Waals surface area contributed by atoms with Gasteiger partial charge >= 0.3 is 6.03 Å². The summed E-state index contributed by atoms with van der Waals surface area (Å²) < 4.78 is 5.05. The van der Waals surface area contributed by atoms with Gasteiger partial charge in [-0.1, -0.05) is 0 Å². The van der Waals surface area contributed by atoms with Crippen molar-refractivity contribution in [1.82, 2.24) is 10.2 Å². The van der Waals surface area contributed by atoms with Crippen molar-refractivity contribution in [3.63, 3.8) is 0 Å². The second kappa shape index (κ2) is 6.06. The highest BCUT2D eigenvalue weighted by atomic mass is 16.5. The van der Waals surface area contributed by atoms with E-state index in [1.54, 1.807) is 14.2 Å². The molecular weight excluding hydrogens is 208 g/mol. The number of methoxy groups -OCH3 is 1. The van der Waals surface area contributed by atoms with E-state index in [0.29, 0.717) is 13.1 Å². The zero-order chi connectivity index (χ0) is 12.0. The van der Waals surface area contributed by atoms with Gasteiger partial charge in [-0.2, -0.15) is 0 Å². The Kier molecular flexibility index (Phi) is 5.02. The number of carbonyl (C=O) groups is 1. The van der Waals surface area contributed by atoms with E-state index in [2.05, 4.69) is 5.32 Å². The summed E-state index contributed by atoms with van der Waals surface area (Å²) in [5, 5.41) is 11.6. The van der Waals surface area contributed by atoms with Gasteiger partial charge in [0, 0.05) is 33.9 Å². The maximum Gasteiger partial charge on any atom is 0.317 e. The van der Waals surface area contributed by atoms with Crippen molar-refractivity contribution in [2.75, 3.05) is 40.5 Å². The zero-order valence-electron chi connectivity index (χ0n) is 10.2. The van der Waals surface area contributed by atoms with Crippen molar-refractivity contribution in [2.24, 2.45) is 5.41 Å². The third-order valence-electron chi connectivity index (χ3n) is 3.19. The molecule has 1 saturated carbocycles. The monoisotopic (exact) mass is 230 g/mol. The summed E-state index contributed by atoms with van der Waals surface area (Å²) >= 11 is 0. The van der Waals surface area contributed by atoms with Gasteiger partial charge in [-0.25, -0.2) is 4.79 Å². The van der Waals surface area contributed by atoms with Crippen LogP contribution in [0.3, 0.4) is 0 Å². The fourth-order valence-corrected chi connectivity index (χ4v) is 1.66. The molecule has 0 bridgehead atoms. The van der Waals surface area contributed by atoms with Gasteiger partial charge in [-0.05, 0) is 24.7 Å². The summed E-state index contributed by atoms with van der Waals surface area (Å²) in [5.74, 6) is 0. The van der Waals surface area contributed by atoms with E-state index in [1.807, 2.05) is 0 Å². The summed E-state index contributed by atoms with van der Waals surface area (Å²) in [4.78, 5) is 13.0. The lowest BCUT2D eigenvalue weighted by atomic mass is 10.0. The van der Waals surface area contributed by atoms with Gasteiger partial charge in [0.15, 0.2) is 0 Å². The van der Waals surface area contributed by atoms with Crippen LogP contribution >= 0.6 is 0 Å². The molecule has 0 aromatic heterocycles. The molecular formula is C11H22N2O3. The molecule has 0 spiro atoms. The van der Waals surface area contributed by atoms with Crippen LogP contribution in [0.1, 0.15) is 19.3 Å². The smallest absolute Gasteiger partial charge is 0.317 e. The van der Waals surface area contributed by atoms with Gasteiger partial charge in [0.05, 0.1) is 6.61 Å². The Morgan fingerprint density at radius 1 is 1.56 bits per heavy atom. The van der Waals surface area contributed by atoms with Crippen molar-refractivity contribution in [1.29, 1.82) is 0 Å². The number of carbonyl (C=O) groups excluding carboxylic acids is 1. The number of nitrogens with one attached hydrogen (secondary N) is 1. The van der Waals surface area contributed by atoms with E-state index in [-0.39, 0.29) is 18.1 Å². The largest absolute Gasteiger partial charge is 0.395 e. The van der Waals surface area contributed by atoms with Crippen LogP contribution in [-0.4, -0.2) is 56.5 Å². The van der Waals surface area contributed by atoms with Gasteiger partial charge in [0.2, 0.25) is 0 Å². The lowest BCUT2D eigenvalue weighted by Crippen LogP contribution is -2.41. The van der Waals surface area contributed by atoms with Crippen molar-refractivity contribution >= 4 is 6.03 Å². The molecule has 0 atom stereocenters. The number of rotatable bonds is 7. The summed E-state index contributed by atoms with van der Waals surface area (Å²) in [6.07, 6.45) is 3.34. The number of hydrogen-bond acceptors (Lipinski definition) is 3. The number of nitrogens with zero attached hydrogens (tertiary/aromatic N) is 1. The highest BCUT2D eigenvalue weighted by Crippen LogP contribution is 2.48. The number of aliphatic hydroxyl groups excluding tert-OH is 1. The molecule has 0 aromatic carbocycles. The Morgan fingerprint density at radius 2 is 2.25 bits per heavy atom. The van der Waals surface area contributed by atoms with Crippen molar-refractivity contribution in [3.05, 3.63) is 0 Å². The number of urea groups is 1. The third kappa shape index (κ3) is 3.98. The van der Waals surface area contributed by atoms with Crippen molar-refractivity contribution < 1.29 is 14.6 Å². The lowest BCUT2D eigenvalue weighted by Gasteiger charge is -2.20. The molecule has 0 radical (unpaired) electrons. The van der Waals surface area contributed by atoms with E-state index < -0.39 is 0 Å². The minimum Gasteiger partial charge on any atom is -0.395 e. The molecule has 94 valence electrons. The van der Waals surface area contributed by atoms with E-state index in [4.69, 9.17) is 9.84 Å². The Hall–Kier alpha value is -0.810. The topological polar surface area (TPSA) is 61.8 Å². The van der Waals surface area contributed by atoms with Crippen LogP contribution in [0.4, 0.5) is 4.79 Å². The number of ether oxygens (including phenoxy) is 1. The summed E-state index contributed by atoms with van der Waals surface area (Å²) in [6.45, 7) is 1.84. The van der Waals surface area contributed by atoms with Crippen LogP contribution in [-0.2, 0) is 4.74 Å². The third-order valence-corrected chi connectivity index (χ3v) is 3.19. The van der Waals surface area contributed by atoms with E-state index in [9.17, 15) is 4.79 Å². The number of likely N-dealkylation sites (N-methyl/N-ethyl adjacent to an activating group) is 1. The first-order valence-corrected chi connectivity index (χ1v) is 5.72. The van der Waals surface area contributed by atoms with Gasteiger partial charge in [-0.15, -0.1) is 0 Å². The van der Waals surface area contributed by atoms with Crippen LogP contribution in [0.5, 0.6) is 0 Å². The summed E-state index contributed by atoms with van der Waals surface area (Å²) in [5.41, 5.74) is 0.270. The van der Waals surface area contributed by atoms with E-state index >= 15 is 0 Å². The minimum atomic E-state index is -0.113. The number of hydrogen-bond donors (Lipinski definition) is 2. The molecule has 1 aliphatic rings. The van der Waals surface area contributed by atoms with Gasteiger partial charge < -0.3 is 20.1 Å². The molecule has 2 amide bonds. The standard InChI is InChI=1S/C11H22N2O3/c1-13(6-7-14)10(15)12-9-11(3-4-11)5-8-16-2/h14H,3-9H2,1-2H3,(H,12,15). The van der Waals surface area contributed by atoms with Gasteiger partial charge in [0.1, 0.15) is 0 Å². The van der Waals surface area contributed by atoms with Crippen LogP contribution in [0.2, 0.25) is 0 Å². The molecule has 1 rings (SSSR count). The maximum atomic E-state index is 11.6. The Balaban J connectivity index is 2.21. The second-order valence-electron chi connectivity index (χ2n) is 4.55. The molecule has 2 N–H and O–H groups in total. The summed E-state index contributed by atoms with van der Waals surface area (Å²) in [7, 11) is 3.38. The quantitative estimate of drug-likeness (QED) is 0.667. The molecule has 5 heteroatoms. The van der Waals surface area contributed by atoms with Crippen LogP contribution in [0, 0.1) is 5.41 Å². The van der Waals surface area contributed by atoms with E-state index in [1.165, 1.54) is 17.7 Å². The van der Waals surface area contributed by atoms with Crippen LogP contribution in [0.15, 0.2) is 0 Å². The van der Waals surface area contributed by atoms with E-state index in [0.717, 1.165) is 13.0 Å². The molecule has 0 aromatic rings. The fraction of sp³-hybridized carbons (Fsp3) is 0.909. The average molecular weight is 230 g/mol. The molecule has 0 unspecified atom stereocenters. The predicted molar refractivity (Wildman–Crippen MR) is 61.3 cm³/mol. The normalized spacial score (nSPS) is 16.9. The first-order valence-electron chi connectivity index (χ1n) is 5.72. The molecule has 0 aliphatic heterocycles. The Morgan fingerprint density at radius 3 is 2.75 bits per heavy atom. The maximum absolute atomic E-state index is 11.6. The molecule has 0 saturated heterocycles. The minimum absolute atomic E-state index is 0.00125. The molecule has 0 heterocycles. The molecule has 1 aliphatic carbocycles. The van der Waals surface area contributed by atoms with Crippen molar-refractivity contribution in [3.8, 4) is 0 Å². The molecule has 1 fully saturated rings. The van der Waals surface area contributed by atoms with Crippen molar-refractivity contribution in [2.45, 2.75) is 19.3 Å². The SMILES string of the molecule is COCCC1(CNC(=O)N(C)CCO)CC1. The average Bonchev–Trinajstić information content (AvgIpc) is 3.04.